The number of hydrogen-bond donors (Lipinski definition) is 1. The molecule has 3 heterocycles. The molecule has 1 aromatic carbocycles. The number of pyridine rings is 1. The van der Waals surface area contributed by atoms with Crippen LogP contribution in [0.1, 0.15) is 30.2 Å². The average molecular weight is 379 g/mol. The molecule has 0 aliphatic carbocycles. The van der Waals surface area contributed by atoms with Crippen LogP contribution in [0.3, 0.4) is 0 Å². The third-order valence-corrected chi connectivity index (χ3v) is 5.62. The van der Waals surface area contributed by atoms with Crippen molar-refractivity contribution >= 4 is 5.65 Å². The van der Waals surface area contributed by atoms with E-state index in [0.717, 1.165) is 36.1 Å². The summed E-state index contributed by atoms with van der Waals surface area (Å²) in [4.78, 5) is 7.19. The lowest BCUT2D eigenvalue weighted by Gasteiger charge is -2.14. The maximum atomic E-state index is 5.92. The highest BCUT2D eigenvalue weighted by atomic mass is 16.5. The van der Waals surface area contributed by atoms with Crippen LogP contribution in [0.4, 0.5) is 0 Å². The summed E-state index contributed by atoms with van der Waals surface area (Å²) < 4.78 is 7.97. The van der Waals surface area contributed by atoms with Gasteiger partial charge in [0.15, 0.2) is 0 Å². The van der Waals surface area contributed by atoms with Gasteiger partial charge in [0, 0.05) is 25.5 Å². The van der Waals surface area contributed by atoms with Crippen molar-refractivity contribution in [2.75, 3.05) is 26.2 Å². The van der Waals surface area contributed by atoms with Crippen molar-refractivity contribution in [3.05, 3.63) is 65.6 Å². The number of likely N-dealkylation sites (tertiary alicyclic amines) is 1. The van der Waals surface area contributed by atoms with E-state index in [9.17, 15) is 0 Å². The van der Waals surface area contributed by atoms with Crippen LogP contribution >= 0.6 is 0 Å². The molecule has 4 rings (SSSR count). The Hall–Kier alpha value is -2.37. The lowest BCUT2D eigenvalue weighted by molar-refractivity contribution is 0.302. The molecule has 5 nitrogen and oxygen atoms in total. The summed E-state index contributed by atoms with van der Waals surface area (Å²) in [5, 5.41) is 3.61. The van der Waals surface area contributed by atoms with Gasteiger partial charge in [-0.3, -0.25) is 0 Å². The standard InChI is InChI=1S/C23H30N4O/c1-3-26-12-10-20(15-26)14-24-13-19-6-8-22(9-7-19)28-17-21-16-27-11-4-5-18(2)23(27)25-21/h4-9,11,16,20,24H,3,10,12-15,17H2,1-2H3. The summed E-state index contributed by atoms with van der Waals surface area (Å²) in [7, 11) is 0. The summed E-state index contributed by atoms with van der Waals surface area (Å²) >= 11 is 0. The Morgan fingerprint density at radius 3 is 2.82 bits per heavy atom. The minimum absolute atomic E-state index is 0.480. The quantitative estimate of drug-likeness (QED) is 0.650. The highest BCUT2D eigenvalue weighted by Crippen LogP contribution is 2.17. The van der Waals surface area contributed by atoms with Crippen molar-refractivity contribution < 1.29 is 4.74 Å². The van der Waals surface area contributed by atoms with Crippen molar-refractivity contribution in [3.63, 3.8) is 0 Å². The fourth-order valence-electron chi connectivity index (χ4n) is 3.92. The van der Waals surface area contributed by atoms with Gasteiger partial charge in [-0.25, -0.2) is 4.98 Å². The van der Waals surface area contributed by atoms with Crippen molar-refractivity contribution in [2.45, 2.75) is 33.4 Å². The van der Waals surface area contributed by atoms with Crippen LogP contribution in [0.15, 0.2) is 48.8 Å². The second-order valence-electron chi connectivity index (χ2n) is 7.77. The van der Waals surface area contributed by atoms with E-state index >= 15 is 0 Å². The van der Waals surface area contributed by atoms with Crippen molar-refractivity contribution in [2.24, 2.45) is 5.92 Å². The maximum Gasteiger partial charge on any atom is 0.140 e. The average Bonchev–Trinajstić information content (AvgIpc) is 3.35. The Bertz CT molecular complexity index is 903. The van der Waals surface area contributed by atoms with Crippen molar-refractivity contribution in [1.82, 2.24) is 19.6 Å². The topological polar surface area (TPSA) is 41.8 Å². The zero-order valence-electron chi connectivity index (χ0n) is 16.9. The van der Waals surface area contributed by atoms with Crippen LogP contribution in [-0.2, 0) is 13.2 Å². The van der Waals surface area contributed by atoms with E-state index < -0.39 is 0 Å². The second kappa shape index (κ2) is 8.76. The van der Waals surface area contributed by atoms with Crippen LogP contribution in [-0.4, -0.2) is 40.5 Å². The summed E-state index contributed by atoms with van der Waals surface area (Å²) in [6, 6.07) is 12.5. The van der Waals surface area contributed by atoms with Crippen LogP contribution in [0, 0.1) is 12.8 Å². The van der Waals surface area contributed by atoms with Gasteiger partial charge in [-0.05, 0) is 68.2 Å². The monoisotopic (exact) mass is 378 g/mol. The van der Waals surface area contributed by atoms with Gasteiger partial charge in [0.05, 0.1) is 5.69 Å². The Balaban J connectivity index is 1.24. The number of ether oxygens (including phenoxy) is 1. The van der Waals surface area contributed by atoms with Gasteiger partial charge in [0.2, 0.25) is 0 Å². The van der Waals surface area contributed by atoms with Crippen LogP contribution < -0.4 is 10.1 Å². The first kappa shape index (κ1) is 19.0. The molecule has 1 fully saturated rings. The minimum Gasteiger partial charge on any atom is -0.487 e. The number of aromatic nitrogens is 2. The van der Waals surface area contributed by atoms with Gasteiger partial charge in [0.25, 0.3) is 0 Å². The molecule has 1 unspecified atom stereocenters. The van der Waals surface area contributed by atoms with Crippen molar-refractivity contribution in [1.29, 1.82) is 0 Å². The molecule has 0 bridgehead atoms. The van der Waals surface area contributed by atoms with E-state index in [1.54, 1.807) is 0 Å². The number of rotatable bonds is 8. The second-order valence-corrected chi connectivity index (χ2v) is 7.77. The number of nitrogens with zero attached hydrogens (tertiary/aromatic N) is 3. The van der Waals surface area contributed by atoms with Gasteiger partial charge < -0.3 is 19.4 Å². The van der Waals surface area contributed by atoms with Crippen LogP contribution in [0.25, 0.3) is 5.65 Å². The lowest BCUT2D eigenvalue weighted by atomic mass is 10.1. The van der Waals surface area contributed by atoms with Gasteiger partial charge in [-0.1, -0.05) is 25.1 Å². The molecule has 0 amide bonds. The number of hydrogen-bond acceptors (Lipinski definition) is 4. The predicted molar refractivity (Wildman–Crippen MR) is 113 cm³/mol. The largest absolute Gasteiger partial charge is 0.487 e. The Morgan fingerprint density at radius 2 is 2.07 bits per heavy atom. The fraction of sp³-hybridized carbons (Fsp3) is 0.435. The van der Waals surface area contributed by atoms with Gasteiger partial charge >= 0.3 is 0 Å². The molecule has 0 spiro atoms. The Kier molecular flexibility index (Phi) is 5.93. The molecule has 1 aliphatic rings. The maximum absolute atomic E-state index is 5.92. The van der Waals surface area contributed by atoms with Crippen LogP contribution in [0.2, 0.25) is 0 Å². The molecule has 0 radical (unpaired) electrons. The molecule has 1 saturated heterocycles. The molecule has 28 heavy (non-hydrogen) atoms. The normalized spacial score (nSPS) is 17.4. The van der Waals surface area contributed by atoms with E-state index in [0.29, 0.717) is 6.61 Å². The molecular weight excluding hydrogens is 348 g/mol. The van der Waals surface area contributed by atoms with Gasteiger partial charge in [-0.15, -0.1) is 0 Å². The van der Waals surface area contributed by atoms with E-state index in [1.165, 1.54) is 37.2 Å². The van der Waals surface area contributed by atoms with Crippen molar-refractivity contribution in [3.8, 4) is 5.75 Å². The summed E-state index contributed by atoms with van der Waals surface area (Å²) in [6.45, 7) is 10.5. The zero-order chi connectivity index (χ0) is 19.3. The number of benzene rings is 1. The first-order valence-electron chi connectivity index (χ1n) is 10.3. The van der Waals surface area contributed by atoms with Crippen LogP contribution in [0.5, 0.6) is 5.75 Å². The van der Waals surface area contributed by atoms with Gasteiger partial charge in [-0.2, -0.15) is 0 Å². The third-order valence-electron chi connectivity index (χ3n) is 5.62. The summed E-state index contributed by atoms with van der Waals surface area (Å²) in [5.74, 6) is 1.67. The zero-order valence-corrected chi connectivity index (χ0v) is 16.9. The fourth-order valence-corrected chi connectivity index (χ4v) is 3.92. The molecule has 2 aromatic heterocycles. The third kappa shape index (κ3) is 4.54. The molecule has 5 heteroatoms. The Morgan fingerprint density at radius 1 is 1.21 bits per heavy atom. The smallest absolute Gasteiger partial charge is 0.140 e. The van der Waals surface area contributed by atoms with E-state index in [-0.39, 0.29) is 0 Å². The highest BCUT2D eigenvalue weighted by molar-refractivity contribution is 5.47. The molecule has 1 atom stereocenters. The molecule has 3 aromatic rings. The molecule has 1 N–H and O–H groups in total. The highest BCUT2D eigenvalue weighted by Gasteiger charge is 2.20. The molecule has 1 aliphatic heterocycles. The first-order chi connectivity index (χ1) is 13.7. The molecule has 148 valence electrons. The lowest BCUT2D eigenvalue weighted by Crippen LogP contribution is -2.26. The SMILES string of the molecule is CCN1CCC(CNCc2ccc(OCc3cn4cccc(C)c4n3)cc2)C1. The summed E-state index contributed by atoms with van der Waals surface area (Å²) in [6.07, 6.45) is 5.37. The number of imidazole rings is 1. The Labute approximate surface area is 167 Å². The number of aryl methyl sites for hydroxylation is 1. The van der Waals surface area contributed by atoms with Gasteiger partial charge in [0.1, 0.15) is 18.0 Å². The number of fused-ring (bicyclic) bond motifs is 1. The first-order valence-corrected chi connectivity index (χ1v) is 10.3. The number of nitrogens with one attached hydrogen (secondary N) is 1. The molecule has 0 saturated carbocycles. The van der Waals surface area contributed by atoms with E-state index in [1.807, 2.05) is 35.0 Å². The minimum atomic E-state index is 0.480. The van der Waals surface area contributed by atoms with E-state index in [4.69, 9.17) is 4.74 Å². The molecular formula is C23H30N4O. The van der Waals surface area contributed by atoms with E-state index in [2.05, 4.69) is 47.2 Å². The predicted octanol–water partition coefficient (Wildman–Crippen LogP) is 3.65. The summed E-state index contributed by atoms with van der Waals surface area (Å²) in [5.41, 5.74) is 4.40.